The van der Waals surface area contributed by atoms with Crippen molar-refractivity contribution >= 4 is 17.1 Å². The Balaban J connectivity index is 1.69. The molecule has 4 rings (SSSR count). The van der Waals surface area contributed by atoms with Gasteiger partial charge in [0.25, 0.3) is 5.56 Å². The molecule has 34 heavy (non-hydrogen) atoms. The van der Waals surface area contributed by atoms with E-state index in [-0.39, 0.29) is 11.2 Å². The van der Waals surface area contributed by atoms with Gasteiger partial charge in [-0.05, 0) is 58.3 Å². The molecule has 3 aromatic rings. The molecular weight excluding hydrogens is 428 g/mol. The molecule has 3 heterocycles. The van der Waals surface area contributed by atoms with Gasteiger partial charge in [0, 0.05) is 27.2 Å². The molecule has 1 aliphatic rings. The average Bonchev–Trinajstić information content (AvgIpc) is 3.03. The van der Waals surface area contributed by atoms with E-state index in [1.807, 2.05) is 22.8 Å². The number of anilines is 1. The summed E-state index contributed by atoms with van der Waals surface area (Å²) in [5, 5.41) is 0. The number of hydrogen-bond donors (Lipinski definition) is 0. The van der Waals surface area contributed by atoms with Gasteiger partial charge in [0.05, 0.1) is 6.54 Å². The molecule has 2 aromatic heterocycles. The van der Waals surface area contributed by atoms with Crippen LogP contribution >= 0.6 is 0 Å². The minimum atomic E-state index is -0.354. The first-order valence-corrected chi connectivity index (χ1v) is 12.1. The SMILES string of the molecule is CN(C)CCC/C=C1/CCCN(c2nc3c(c(=O)n(C)c(=O)n3C)n2Cc2ccccc2)CC1. The van der Waals surface area contributed by atoms with Crippen LogP contribution in [0.5, 0.6) is 0 Å². The lowest BCUT2D eigenvalue weighted by molar-refractivity contribution is 0.401. The number of fused-ring (bicyclic) bond motifs is 1. The summed E-state index contributed by atoms with van der Waals surface area (Å²) in [6, 6.07) is 10.1. The number of aromatic nitrogens is 4. The lowest BCUT2D eigenvalue weighted by Crippen LogP contribution is -2.37. The summed E-state index contributed by atoms with van der Waals surface area (Å²) in [7, 11) is 7.44. The molecule has 182 valence electrons. The highest BCUT2D eigenvalue weighted by Gasteiger charge is 2.24. The zero-order valence-corrected chi connectivity index (χ0v) is 20.8. The van der Waals surface area contributed by atoms with Crippen LogP contribution in [0.3, 0.4) is 0 Å². The van der Waals surface area contributed by atoms with Gasteiger partial charge < -0.3 is 9.80 Å². The van der Waals surface area contributed by atoms with Crippen LogP contribution in [0.15, 0.2) is 51.6 Å². The molecule has 0 atom stereocenters. The maximum absolute atomic E-state index is 13.2. The fourth-order valence-corrected chi connectivity index (χ4v) is 4.72. The normalized spacial score (nSPS) is 16.0. The lowest BCUT2D eigenvalue weighted by atomic mass is 10.1. The van der Waals surface area contributed by atoms with Gasteiger partial charge in [-0.2, -0.15) is 4.98 Å². The van der Waals surface area contributed by atoms with Gasteiger partial charge in [-0.25, -0.2) is 4.79 Å². The van der Waals surface area contributed by atoms with E-state index >= 15 is 0 Å². The molecule has 1 saturated heterocycles. The predicted molar refractivity (Wildman–Crippen MR) is 138 cm³/mol. The Morgan fingerprint density at radius 1 is 1.03 bits per heavy atom. The van der Waals surface area contributed by atoms with Crippen LogP contribution in [0, 0.1) is 0 Å². The minimum Gasteiger partial charge on any atom is -0.342 e. The molecule has 8 heteroatoms. The quantitative estimate of drug-likeness (QED) is 0.397. The van der Waals surface area contributed by atoms with Crippen LogP contribution in [-0.2, 0) is 20.6 Å². The molecule has 0 N–H and O–H groups in total. The second kappa shape index (κ2) is 10.4. The Hall–Kier alpha value is -3.13. The van der Waals surface area contributed by atoms with E-state index in [2.05, 4.69) is 42.1 Å². The summed E-state index contributed by atoms with van der Waals surface area (Å²) >= 11 is 0. The van der Waals surface area contributed by atoms with E-state index in [4.69, 9.17) is 4.98 Å². The molecule has 8 nitrogen and oxygen atoms in total. The number of benzene rings is 1. The third-order valence-corrected chi connectivity index (χ3v) is 6.67. The Kier molecular flexibility index (Phi) is 7.36. The fourth-order valence-electron chi connectivity index (χ4n) is 4.72. The highest BCUT2D eigenvalue weighted by molar-refractivity contribution is 5.74. The molecule has 1 aromatic carbocycles. The summed E-state index contributed by atoms with van der Waals surface area (Å²) in [5.41, 5.74) is 2.87. The van der Waals surface area contributed by atoms with Gasteiger partial charge in [-0.15, -0.1) is 0 Å². The van der Waals surface area contributed by atoms with Gasteiger partial charge in [0.1, 0.15) is 0 Å². The third kappa shape index (κ3) is 5.01. The number of nitrogens with zero attached hydrogens (tertiary/aromatic N) is 6. The molecule has 0 radical (unpaired) electrons. The summed E-state index contributed by atoms with van der Waals surface area (Å²) in [6.07, 6.45) is 7.83. The average molecular weight is 465 g/mol. The smallest absolute Gasteiger partial charge is 0.332 e. The first-order chi connectivity index (χ1) is 16.4. The standard InChI is InChI=1S/C26H36N6O2/c1-28(2)16-9-8-11-20-14-10-17-31(18-15-20)25-27-23-22(24(33)30(4)26(34)29(23)3)32(25)19-21-12-6-5-7-13-21/h5-7,11-13H,8-10,14-19H2,1-4H3/b20-11-. The number of hydrogen-bond acceptors (Lipinski definition) is 5. The topological polar surface area (TPSA) is 68.3 Å². The van der Waals surface area contributed by atoms with Crippen molar-refractivity contribution in [2.45, 2.75) is 38.6 Å². The maximum atomic E-state index is 13.2. The first kappa shape index (κ1) is 24.0. The number of unbranched alkanes of at least 4 members (excludes halogenated alkanes) is 1. The number of allylic oxidation sites excluding steroid dienone is 1. The van der Waals surface area contributed by atoms with E-state index in [0.29, 0.717) is 17.7 Å². The Morgan fingerprint density at radius 2 is 1.79 bits per heavy atom. The lowest BCUT2D eigenvalue weighted by Gasteiger charge is -2.22. The molecule has 0 bridgehead atoms. The van der Waals surface area contributed by atoms with Crippen LogP contribution in [0.25, 0.3) is 11.2 Å². The first-order valence-electron chi connectivity index (χ1n) is 12.1. The molecule has 1 aliphatic heterocycles. The molecule has 0 saturated carbocycles. The summed E-state index contributed by atoms with van der Waals surface area (Å²) in [6.45, 7) is 3.37. The van der Waals surface area contributed by atoms with Crippen molar-refractivity contribution < 1.29 is 0 Å². The zero-order valence-electron chi connectivity index (χ0n) is 20.8. The monoisotopic (exact) mass is 464 g/mol. The van der Waals surface area contributed by atoms with E-state index in [0.717, 1.165) is 56.8 Å². The van der Waals surface area contributed by atoms with E-state index in [1.54, 1.807) is 7.05 Å². The van der Waals surface area contributed by atoms with E-state index < -0.39 is 0 Å². The molecule has 0 unspecified atom stereocenters. The van der Waals surface area contributed by atoms with Gasteiger partial charge in [0.2, 0.25) is 5.95 Å². The van der Waals surface area contributed by atoms with Crippen LogP contribution in [0.4, 0.5) is 5.95 Å². The largest absolute Gasteiger partial charge is 0.342 e. The molecule has 0 amide bonds. The Labute approximate surface area is 200 Å². The van der Waals surface area contributed by atoms with Gasteiger partial charge in [0.15, 0.2) is 11.2 Å². The predicted octanol–water partition coefficient (Wildman–Crippen LogP) is 2.74. The minimum absolute atomic E-state index is 0.302. The van der Waals surface area contributed by atoms with Crippen molar-refractivity contribution in [3.8, 4) is 0 Å². The number of imidazole rings is 1. The van der Waals surface area contributed by atoms with Crippen molar-refractivity contribution in [2.24, 2.45) is 14.1 Å². The van der Waals surface area contributed by atoms with Gasteiger partial charge >= 0.3 is 5.69 Å². The fraction of sp³-hybridized carbons (Fsp3) is 0.500. The Bertz CT molecular complexity index is 1280. The summed E-state index contributed by atoms with van der Waals surface area (Å²) in [5.74, 6) is 0.769. The number of rotatable bonds is 7. The summed E-state index contributed by atoms with van der Waals surface area (Å²) in [4.78, 5) is 35.1. The second-order valence-electron chi connectivity index (χ2n) is 9.51. The van der Waals surface area contributed by atoms with Gasteiger partial charge in [-0.3, -0.25) is 18.5 Å². The maximum Gasteiger partial charge on any atom is 0.332 e. The van der Waals surface area contributed by atoms with Crippen LogP contribution in [0.2, 0.25) is 0 Å². The van der Waals surface area contributed by atoms with Crippen molar-refractivity contribution in [1.29, 1.82) is 0 Å². The Morgan fingerprint density at radius 3 is 2.53 bits per heavy atom. The second-order valence-corrected chi connectivity index (χ2v) is 9.51. The van der Waals surface area contributed by atoms with Gasteiger partial charge in [-0.1, -0.05) is 42.0 Å². The molecular formula is C26H36N6O2. The van der Waals surface area contributed by atoms with E-state index in [1.165, 1.54) is 28.2 Å². The molecule has 1 fully saturated rings. The van der Waals surface area contributed by atoms with Crippen molar-refractivity contribution in [3.63, 3.8) is 0 Å². The van der Waals surface area contributed by atoms with Crippen LogP contribution in [0.1, 0.15) is 37.7 Å². The summed E-state index contributed by atoms with van der Waals surface area (Å²) < 4.78 is 4.65. The van der Waals surface area contributed by atoms with Crippen molar-refractivity contribution in [3.05, 3.63) is 68.4 Å². The number of aryl methyl sites for hydroxylation is 1. The zero-order chi connectivity index (χ0) is 24.2. The molecule has 0 spiro atoms. The molecule has 0 aliphatic carbocycles. The highest BCUT2D eigenvalue weighted by atomic mass is 16.2. The van der Waals surface area contributed by atoms with E-state index in [9.17, 15) is 9.59 Å². The third-order valence-electron chi connectivity index (χ3n) is 6.67. The highest BCUT2D eigenvalue weighted by Crippen LogP contribution is 2.26. The van der Waals surface area contributed by atoms with Crippen molar-refractivity contribution in [2.75, 3.05) is 38.6 Å². The van der Waals surface area contributed by atoms with Crippen LogP contribution < -0.4 is 16.1 Å². The van der Waals surface area contributed by atoms with Crippen molar-refractivity contribution in [1.82, 2.24) is 23.6 Å². The van der Waals surface area contributed by atoms with Crippen LogP contribution in [-0.4, -0.2) is 57.3 Å².